The van der Waals surface area contributed by atoms with Crippen molar-refractivity contribution in [2.24, 2.45) is 0 Å². The molecule has 1 aliphatic rings. The molecule has 2 rings (SSSR count). The van der Waals surface area contributed by atoms with Crippen molar-refractivity contribution in [1.82, 2.24) is 14.9 Å². The van der Waals surface area contributed by atoms with E-state index in [1.165, 1.54) is 0 Å². The van der Waals surface area contributed by atoms with Crippen LogP contribution in [-0.4, -0.2) is 34.7 Å². The van der Waals surface area contributed by atoms with E-state index in [-0.39, 0.29) is 11.9 Å². The minimum absolute atomic E-state index is 0.0786. The molecule has 0 aromatic carbocycles. The lowest BCUT2D eigenvalue weighted by molar-refractivity contribution is -0.00340. The standard InChI is InChI=1S/C8H11N3O2S/c1-2-6-7(14-11-10-6)8(12)9-5-3-13-4-5/h5H,2-4H2,1H3,(H,9,12). The Labute approximate surface area is 85.6 Å². The first kappa shape index (κ1) is 9.54. The average Bonchev–Trinajstić information content (AvgIpc) is 2.58. The first-order chi connectivity index (χ1) is 6.81. The fraction of sp³-hybridized carbons (Fsp3) is 0.625. The molecule has 0 spiro atoms. The molecular weight excluding hydrogens is 202 g/mol. The van der Waals surface area contributed by atoms with Crippen molar-refractivity contribution in [3.8, 4) is 0 Å². The lowest BCUT2D eigenvalue weighted by Gasteiger charge is -2.26. The molecule has 1 amide bonds. The Morgan fingerprint density at radius 3 is 3.07 bits per heavy atom. The highest BCUT2D eigenvalue weighted by Gasteiger charge is 2.23. The average molecular weight is 213 g/mol. The van der Waals surface area contributed by atoms with Crippen LogP contribution < -0.4 is 5.32 Å². The first-order valence-electron chi connectivity index (χ1n) is 4.51. The van der Waals surface area contributed by atoms with E-state index in [2.05, 4.69) is 14.9 Å². The molecule has 1 aliphatic heterocycles. The summed E-state index contributed by atoms with van der Waals surface area (Å²) in [7, 11) is 0. The van der Waals surface area contributed by atoms with E-state index in [9.17, 15) is 4.79 Å². The predicted octanol–water partition coefficient (Wildman–Crippen LogP) is 0.229. The number of carbonyl (C=O) groups is 1. The van der Waals surface area contributed by atoms with Gasteiger partial charge in [0.1, 0.15) is 4.88 Å². The summed E-state index contributed by atoms with van der Waals surface area (Å²) >= 11 is 1.14. The van der Waals surface area contributed by atoms with Crippen LogP contribution in [0.15, 0.2) is 0 Å². The number of ether oxygens (including phenoxy) is 1. The number of amides is 1. The second-order valence-corrected chi connectivity index (χ2v) is 3.86. The smallest absolute Gasteiger partial charge is 0.265 e. The molecule has 1 saturated heterocycles. The Kier molecular flexibility index (Phi) is 2.74. The van der Waals surface area contributed by atoms with Gasteiger partial charge in [0.05, 0.1) is 24.9 Å². The van der Waals surface area contributed by atoms with Crippen molar-refractivity contribution in [1.29, 1.82) is 0 Å². The number of nitrogens with one attached hydrogen (secondary N) is 1. The third-order valence-corrected chi connectivity index (χ3v) is 2.84. The summed E-state index contributed by atoms with van der Waals surface area (Å²) < 4.78 is 8.73. The maximum atomic E-state index is 11.7. The number of aromatic nitrogens is 2. The minimum Gasteiger partial charge on any atom is -0.377 e. The van der Waals surface area contributed by atoms with Gasteiger partial charge >= 0.3 is 0 Å². The SMILES string of the molecule is CCc1nnsc1C(=O)NC1COC1. The molecule has 14 heavy (non-hydrogen) atoms. The number of carbonyl (C=O) groups excluding carboxylic acids is 1. The Balaban J connectivity index is 2.02. The molecule has 1 aromatic heterocycles. The van der Waals surface area contributed by atoms with Gasteiger partial charge in [-0.1, -0.05) is 11.4 Å². The van der Waals surface area contributed by atoms with Crippen molar-refractivity contribution in [2.45, 2.75) is 19.4 Å². The van der Waals surface area contributed by atoms with Gasteiger partial charge in [-0.15, -0.1) is 5.10 Å². The lowest BCUT2D eigenvalue weighted by atomic mass is 10.2. The van der Waals surface area contributed by atoms with Gasteiger partial charge in [-0.3, -0.25) is 4.79 Å². The maximum Gasteiger partial charge on any atom is 0.265 e. The molecule has 0 atom stereocenters. The van der Waals surface area contributed by atoms with Crippen LogP contribution in [0, 0.1) is 0 Å². The van der Waals surface area contributed by atoms with E-state index in [1.54, 1.807) is 0 Å². The summed E-state index contributed by atoms with van der Waals surface area (Å²) in [6.45, 7) is 3.18. The number of nitrogens with zero attached hydrogens (tertiary/aromatic N) is 2. The molecule has 6 heteroatoms. The largest absolute Gasteiger partial charge is 0.377 e. The van der Waals surface area contributed by atoms with Gasteiger partial charge in [0, 0.05) is 0 Å². The summed E-state index contributed by atoms with van der Waals surface area (Å²) in [5.74, 6) is -0.0786. The minimum atomic E-state index is -0.0786. The van der Waals surface area contributed by atoms with Gasteiger partial charge in [-0.2, -0.15) is 0 Å². The maximum absolute atomic E-state index is 11.7. The number of rotatable bonds is 3. The normalized spacial score (nSPS) is 16.4. The Bertz CT molecular complexity index is 335. The van der Waals surface area contributed by atoms with E-state index in [0.717, 1.165) is 23.6 Å². The van der Waals surface area contributed by atoms with Crippen LogP contribution in [0.4, 0.5) is 0 Å². The van der Waals surface area contributed by atoms with Gasteiger partial charge < -0.3 is 10.1 Å². The highest BCUT2D eigenvalue weighted by molar-refractivity contribution is 7.08. The second kappa shape index (κ2) is 4.02. The molecule has 76 valence electrons. The van der Waals surface area contributed by atoms with Crippen molar-refractivity contribution in [3.63, 3.8) is 0 Å². The van der Waals surface area contributed by atoms with Crippen molar-refractivity contribution in [3.05, 3.63) is 10.6 Å². The highest BCUT2D eigenvalue weighted by Crippen LogP contribution is 2.12. The monoisotopic (exact) mass is 213 g/mol. The van der Waals surface area contributed by atoms with Crippen LogP contribution in [-0.2, 0) is 11.2 Å². The molecule has 2 heterocycles. The van der Waals surface area contributed by atoms with E-state index in [4.69, 9.17) is 4.74 Å². The second-order valence-electron chi connectivity index (χ2n) is 3.11. The van der Waals surface area contributed by atoms with Gasteiger partial charge in [-0.25, -0.2) is 0 Å². The molecule has 0 aliphatic carbocycles. The third-order valence-electron chi connectivity index (χ3n) is 2.07. The third kappa shape index (κ3) is 1.76. The van der Waals surface area contributed by atoms with Gasteiger partial charge in [0.15, 0.2) is 0 Å². The van der Waals surface area contributed by atoms with Crippen molar-refractivity contribution in [2.75, 3.05) is 13.2 Å². The van der Waals surface area contributed by atoms with Crippen molar-refractivity contribution < 1.29 is 9.53 Å². The fourth-order valence-electron chi connectivity index (χ4n) is 1.18. The summed E-state index contributed by atoms with van der Waals surface area (Å²) in [6.07, 6.45) is 0.737. The molecule has 0 saturated carbocycles. The van der Waals surface area contributed by atoms with E-state index in [0.29, 0.717) is 18.1 Å². The fourth-order valence-corrected chi connectivity index (χ4v) is 1.84. The number of hydrogen-bond donors (Lipinski definition) is 1. The zero-order chi connectivity index (χ0) is 9.97. The molecule has 0 radical (unpaired) electrons. The van der Waals surface area contributed by atoms with E-state index < -0.39 is 0 Å². The van der Waals surface area contributed by atoms with Gasteiger partial charge in [0.25, 0.3) is 5.91 Å². The van der Waals surface area contributed by atoms with E-state index >= 15 is 0 Å². The van der Waals surface area contributed by atoms with Crippen LogP contribution in [0.5, 0.6) is 0 Å². The molecule has 0 unspecified atom stereocenters. The molecule has 5 nitrogen and oxygen atoms in total. The molecule has 1 fully saturated rings. The number of aryl methyl sites for hydroxylation is 1. The molecular formula is C8H11N3O2S. The van der Waals surface area contributed by atoms with Gasteiger partial charge in [-0.05, 0) is 18.0 Å². The predicted molar refractivity (Wildman–Crippen MR) is 51.4 cm³/mol. The van der Waals surface area contributed by atoms with Crippen LogP contribution in [0.3, 0.4) is 0 Å². The van der Waals surface area contributed by atoms with Crippen LogP contribution in [0.2, 0.25) is 0 Å². The lowest BCUT2D eigenvalue weighted by Crippen LogP contribution is -2.48. The molecule has 1 N–H and O–H groups in total. The van der Waals surface area contributed by atoms with Crippen LogP contribution in [0.25, 0.3) is 0 Å². The molecule has 1 aromatic rings. The first-order valence-corrected chi connectivity index (χ1v) is 5.28. The number of hydrogen-bond acceptors (Lipinski definition) is 5. The summed E-state index contributed by atoms with van der Waals surface area (Å²) in [6, 6.07) is 0.161. The highest BCUT2D eigenvalue weighted by atomic mass is 32.1. The van der Waals surface area contributed by atoms with Crippen LogP contribution in [0.1, 0.15) is 22.3 Å². The van der Waals surface area contributed by atoms with Crippen molar-refractivity contribution >= 4 is 17.4 Å². The summed E-state index contributed by atoms with van der Waals surface area (Å²) in [4.78, 5) is 12.3. The Morgan fingerprint density at radius 1 is 1.71 bits per heavy atom. The Morgan fingerprint density at radius 2 is 2.50 bits per heavy atom. The zero-order valence-electron chi connectivity index (χ0n) is 7.82. The molecule has 0 bridgehead atoms. The zero-order valence-corrected chi connectivity index (χ0v) is 8.63. The summed E-state index contributed by atoms with van der Waals surface area (Å²) in [5.41, 5.74) is 0.771. The summed E-state index contributed by atoms with van der Waals surface area (Å²) in [5, 5.41) is 6.74. The van der Waals surface area contributed by atoms with Crippen LogP contribution >= 0.6 is 11.5 Å². The van der Waals surface area contributed by atoms with Gasteiger partial charge in [0.2, 0.25) is 0 Å². The topological polar surface area (TPSA) is 64.1 Å². The van der Waals surface area contributed by atoms with E-state index in [1.807, 2.05) is 6.92 Å². The Hall–Kier alpha value is -1.01. The quantitative estimate of drug-likeness (QED) is 0.780.